The van der Waals surface area contributed by atoms with Gasteiger partial charge in [0, 0.05) is 26.2 Å². The van der Waals surface area contributed by atoms with Gasteiger partial charge in [0.1, 0.15) is 4.92 Å². The van der Waals surface area contributed by atoms with E-state index in [-0.39, 0.29) is 36.7 Å². The molecule has 1 saturated heterocycles. The lowest BCUT2D eigenvalue weighted by Crippen LogP contribution is -2.56. The molecule has 0 bridgehead atoms. The second-order valence-electron chi connectivity index (χ2n) is 5.17. The highest BCUT2D eigenvalue weighted by molar-refractivity contribution is 5.94. The van der Waals surface area contributed by atoms with E-state index in [2.05, 4.69) is 5.32 Å². The van der Waals surface area contributed by atoms with Crippen molar-refractivity contribution in [2.24, 2.45) is 5.92 Å². The second kappa shape index (κ2) is 6.56. The molecule has 9 nitrogen and oxygen atoms in total. The fourth-order valence-corrected chi connectivity index (χ4v) is 2.16. The molecule has 2 amide bonds. The molecule has 1 unspecified atom stereocenters. The van der Waals surface area contributed by atoms with Crippen LogP contribution >= 0.6 is 0 Å². The lowest BCUT2D eigenvalue weighted by Gasteiger charge is -2.38. The molecule has 1 N–H and O–H groups in total. The summed E-state index contributed by atoms with van der Waals surface area (Å²) < 4.78 is 9.78. The predicted molar refractivity (Wildman–Crippen MR) is 74.2 cm³/mol. The summed E-state index contributed by atoms with van der Waals surface area (Å²) in [5, 5.41) is 13.3. The molecule has 1 atom stereocenters. The minimum Gasteiger partial charge on any atom is -0.395 e. The van der Waals surface area contributed by atoms with Gasteiger partial charge in [-0.05, 0) is 13.0 Å². The minimum absolute atomic E-state index is 0.0988. The monoisotopic (exact) mass is 311 g/mol. The van der Waals surface area contributed by atoms with Crippen LogP contribution in [0.3, 0.4) is 0 Å². The summed E-state index contributed by atoms with van der Waals surface area (Å²) >= 11 is 0. The maximum absolute atomic E-state index is 12.0. The minimum atomic E-state index is -0.708. The van der Waals surface area contributed by atoms with Crippen LogP contribution in [0.2, 0.25) is 0 Å². The molecule has 22 heavy (non-hydrogen) atoms. The molecule has 2 rings (SSSR count). The summed E-state index contributed by atoms with van der Waals surface area (Å²) in [4.78, 5) is 35.1. The Morgan fingerprint density at radius 2 is 2.23 bits per heavy atom. The fourth-order valence-electron chi connectivity index (χ4n) is 2.16. The van der Waals surface area contributed by atoms with Gasteiger partial charge in [0.25, 0.3) is 5.91 Å². The summed E-state index contributed by atoms with van der Waals surface area (Å²) in [7, 11) is 1.55. The van der Waals surface area contributed by atoms with Crippen molar-refractivity contribution in [3.63, 3.8) is 0 Å². The van der Waals surface area contributed by atoms with E-state index in [4.69, 9.17) is 9.15 Å². The molecule has 9 heteroatoms. The van der Waals surface area contributed by atoms with Crippen molar-refractivity contribution in [1.29, 1.82) is 0 Å². The first-order valence-corrected chi connectivity index (χ1v) is 6.75. The average molecular weight is 311 g/mol. The summed E-state index contributed by atoms with van der Waals surface area (Å²) in [5.41, 5.74) is 0. The van der Waals surface area contributed by atoms with Gasteiger partial charge in [-0.25, -0.2) is 0 Å². The zero-order valence-electron chi connectivity index (χ0n) is 12.3. The molecular weight excluding hydrogens is 294 g/mol. The normalized spacial score (nSPS) is 16.0. The van der Waals surface area contributed by atoms with E-state index in [0.29, 0.717) is 6.61 Å². The van der Waals surface area contributed by atoms with Gasteiger partial charge in [-0.1, -0.05) is 0 Å². The number of ether oxygens (including phenoxy) is 1. The quantitative estimate of drug-likeness (QED) is 0.601. The predicted octanol–water partition coefficient (Wildman–Crippen LogP) is 0.411. The second-order valence-corrected chi connectivity index (χ2v) is 5.17. The number of nitro groups is 1. The summed E-state index contributed by atoms with van der Waals surface area (Å²) in [5.74, 6) is -1.46. The molecule has 1 aliphatic rings. The van der Waals surface area contributed by atoms with Crippen LogP contribution in [-0.4, -0.2) is 54.5 Å². The van der Waals surface area contributed by atoms with Gasteiger partial charge in [0.15, 0.2) is 5.76 Å². The Morgan fingerprint density at radius 3 is 2.77 bits per heavy atom. The summed E-state index contributed by atoms with van der Waals surface area (Å²) in [6.07, 6.45) is 0. The molecule has 0 aromatic carbocycles. The third-order valence-corrected chi connectivity index (χ3v) is 3.33. The van der Waals surface area contributed by atoms with E-state index in [0.717, 1.165) is 6.07 Å². The topological polar surface area (TPSA) is 115 Å². The maximum atomic E-state index is 12.0. The molecule has 1 aromatic heterocycles. The molecule has 120 valence electrons. The van der Waals surface area contributed by atoms with Gasteiger partial charge in [0.05, 0.1) is 18.6 Å². The number of carbonyl (C=O) groups is 2. The number of amides is 2. The number of methoxy groups -OCH3 is 1. The van der Waals surface area contributed by atoms with Crippen molar-refractivity contribution >= 4 is 17.7 Å². The first-order valence-electron chi connectivity index (χ1n) is 6.75. The summed E-state index contributed by atoms with van der Waals surface area (Å²) in [6, 6.07) is 2.29. The Morgan fingerprint density at radius 1 is 1.55 bits per heavy atom. The van der Waals surface area contributed by atoms with E-state index in [9.17, 15) is 19.7 Å². The fraction of sp³-hybridized carbons (Fsp3) is 0.538. The van der Waals surface area contributed by atoms with Gasteiger partial charge in [-0.15, -0.1) is 0 Å². The lowest BCUT2D eigenvalue weighted by atomic mass is 9.98. The zero-order valence-corrected chi connectivity index (χ0v) is 12.3. The van der Waals surface area contributed by atoms with Gasteiger partial charge in [0.2, 0.25) is 5.91 Å². The van der Waals surface area contributed by atoms with Gasteiger partial charge in [-0.2, -0.15) is 0 Å². The number of hydrogen-bond acceptors (Lipinski definition) is 6. The van der Waals surface area contributed by atoms with Crippen molar-refractivity contribution in [3.05, 3.63) is 28.0 Å². The van der Waals surface area contributed by atoms with Crippen LogP contribution in [-0.2, 0) is 9.53 Å². The highest BCUT2D eigenvalue weighted by Gasteiger charge is 2.37. The first kappa shape index (κ1) is 16.0. The molecule has 1 aliphatic heterocycles. The number of likely N-dealkylation sites (tertiary alicyclic amines) is 1. The summed E-state index contributed by atoms with van der Waals surface area (Å²) in [6.45, 7) is 2.76. The van der Waals surface area contributed by atoms with Crippen molar-refractivity contribution in [2.75, 3.05) is 26.8 Å². The van der Waals surface area contributed by atoms with Gasteiger partial charge < -0.3 is 19.4 Å². The van der Waals surface area contributed by atoms with Crippen molar-refractivity contribution in [3.8, 4) is 0 Å². The van der Waals surface area contributed by atoms with Crippen LogP contribution in [0, 0.1) is 16.0 Å². The molecule has 1 fully saturated rings. The maximum Gasteiger partial charge on any atom is 0.433 e. The van der Waals surface area contributed by atoms with Crippen LogP contribution in [0.1, 0.15) is 17.5 Å². The molecular formula is C13H17N3O6. The Kier molecular flexibility index (Phi) is 4.76. The van der Waals surface area contributed by atoms with Crippen LogP contribution in [0.5, 0.6) is 0 Å². The lowest BCUT2D eigenvalue weighted by molar-refractivity contribution is -0.402. The Balaban J connectivity index is 1.84. The molecule has 1 aromatic rings. The molecule has 0 spiro atoms. The van der Waals surface area contributed by atoms with E-state index in [1.54, 1.807) is 7.11 Å². The van der Waals surface area contributed by atoms with E-state index >= 15 is 0 Å². The van der Waals surface area contributed by atoms with Crippen LogP contribution in [0.15, 0.2) is 16.5 Å². The van der Waals surface area contributed by atoms with Crippen molar-refractivity contribution in [2.45, 2.75) is 13.0 Å². The third kappa shape index (κ3) is 3.42. The number of rotatable bonds is 6. The van der Waals surface area contributed by atoms with Crippen LogP contribution in [0.25, 0.3) is 0 Å². The number of nitrogens with one attached hydrogen (secondary N) is 1. The number of carbonyl (C=O) groups excluding carboxylic acids is 2. The number of furan rings is 1. The van der Waals surface area contributed by atoms with E-state index < -0.39 is 16.7 Å². The standard InChI is InChI=1S/C13H17N3O6/c1-8(7-21-2)14-12(17)9-5-15(6-9)13(18)10-3-4-11(22-10)16(19)20/h3-4,8-9H,5-7H2,1-2H3,(H,14,17). The Labute approximate surface area is 126 Å². The largest absolute Gasteiger partial charge is 0.433 e. The highest BCUT2D eigenvalue weighted by atomic mass is 16.6. The van der Waals surface area contributed by atoms with Gasteiger partial charge in [-0.3, -0.25) is 19.7 Å². The highest BCUT2D eigenvalue weighted by Crippen LogP contribution is 2.22. The van der Waals surface area contributed by atoms with Crippen molar-refractivity contribution < 1.29 is 23.7 Å². The van der Waals surface area contributed by atoms with Gasteiger partial charge >= 0.3 is 5.88 Å². The molecule has 0 saturated carbocycles. The third-order valence-electron chi connectivity index (χ3n) is 3.33. The number of hydrogen-bond donors (Lipinski definition) is 1. The smallest absolute Gasteiger partial charge is 0.395 e. The molecule has 2 heterocycles. The average Bonchev–Trinajstić information content (AvgIpc) is 2.86. The Bertz CT molecular complexity index is 578. The van der Waals surface area contributed by atoms with Crippen LogP contribution in [0.4, 0.5) is 5.88 Å². The Hall–Kier alpha value is -2.42. The van der Waals surface area contributed by atoms with E-state index in [1.165, 1.54) is 11.0 Å². The van der Waals surface area contributed by atoms with E-state index in [1.807, 2.05) is 6.92 Å². The van der Waals surface area contributed by atoms with Crippen LogP contribution < -0.4 is 5.32 Å². The van der Waals surface area contributed by atoms with Crippen molar-refractivity contribution in [1.82, 2.24) is 10.2 Å². The molecule has 0 radical (unpaired) electrons. The SMILES string of the molecule is COCC(C)NC(=O)C1CN(C(=O)c2ccc([N+](=O)[O-])o2)C1. The number of nitrogens with zero attached hydrogens (tertiary/aromatic N) is 2. The molecule has 0 aliphatic carbocycles. The zero-order chi connectivity index (χ0) is 16.3. The first-order chi connectivity index (χ1) is 10.4.